The molecule has 1 rings (SSSR count). The Morgan fingerprint density at radius 3 is 2.69 bits per heavy atom. The normalized spacial score (nSPS) is 10.5. The highest BCUT2D eigenvalue weighted by Gasteiger charge is 2.06. The van der Waals surface area contributed by atoms with E-state index in [4.69, 9.17) is 16.3 Å². The second-order valence-electron chi connectivity index (χ2n) is 3.82. The van der Waals surface area contributed by atoms with Crippen molar-refractivity contribution >= 4 is 24.2 Å². The summed E-state index contributed by atoms with van der Waals surface area (Å²) in [5.41, 5.74) is 2.57. The van der Waals surface area contributed by atoms with Crippen molar-refractivity contribution in [2.75, 3.05) is 12.4 Å². The van der Waals surface area contributed by atoms with Gasteiger partial charge in [0.25, 0.3) is 0 Å². The number of thiol groups is 1. The third kappa shape index (κ3) is 3.91. The largest absolute Gasteiger partial charge is 0.492 e. The lowest BCUT2D eigenvalue weighted by molar-refractivity contribution is 0.340. The van der Waals surface area contributed by atoms with E-state index in [9.17, 15) is 0 Å². The highest BCUT2D eigenvalue weighted by Crippen LogP contribution is 2.28. The van der Waals surface area contributed by atoms with Gasteiger partial charge in [0.1, 0.15) is 5.75 Å². The summed E-state index contributed by atoms with van der Waals surface area (Å²) >= 11 is 10.4. The lowest BCUT2D eigenvalue weighted by Crippen LogP contribution is -1.96. The van der Waals surface area contributed by atoms with Gasteiger partial charge in [0.05, 0.1) is 11.6 Å². The summed E-state index contributed by atoms with van der Waals surface area (Å²) in [4.78, 5) is 0. The maximum atomic E-state index is 6.15. The summed E-state index contributed by atoms with van der Waals surface area (Å²) in [5, 5.41) is 0.716. The predicted octanol–water partition coefficient (Wildman–Crippen LogP) is 4.30. The van der Waals surface area contributed by atoms with E-state index in [0.29, 0.717) is 11.6 Å². The Bertz CT molecular complexity index is 339. The predicted molar refractivity (Wildman–Crippen MR) is 74.1 cm³/mol. The Morgan fingerprint density at radius 2 is 2.06 bits per heavy atom. The van der Waals surface area contributed by atoms with Crippen LogP contribution in [0.25, 0.3) is 0 Å². The van der Waals surface area contributed by atoms with Crippen LogP contribution in [0, 0.1) is 6.92 Å². The fourth-order valence-corrected chi connectivity index (χ4v) is 2.12. The van der Waals surface area contributed by atoms with Gasteiger partial charge in [-0.2, -0.15) is 12.6 Å². The number of rotatable bonds is 6. The van der Waals surface area contributed by atoms with Crippen molar-refractivity contribution < 1.29 is 4.74 Å². The van der Waals surface area contributed by atoms with Gasteiger partial charge in [0, 0.05) is 0 Å². The zero-order valence-electron chi connectivity index (χ0n) is 9.92. The molecule has 0 heterocycles. The Hall–Kier alpha value is -0.340. The van der Waals surface area contributed by atoms with Crippen LogP contribution in [0.1, 0.15) is 30.9 Å². The number of hydrogen-bond donors (Lipinski definition) is 1. The summed E-state index contributed by atoms with van der Waals surface area (Å²) in [5.74, 6) is 1.74. The molecule has 0 fully saturated rings. The molecule has 16 heavy (non-hydrogen) atoms. The van der Waals surface area contributed by atoms with Crippen LogP contribution in [-0.2, 0) is 6.42 Å². The minimum absolute atomic E-state index is 0.651. The van der Waals surface area contributed by atoms with Gasteiger partial charge < -0.3 is 4.74 Å². The molecule has 0 saturated carbocycles. The van der Waals surface area contributed by atoms with E-state index < -0.39 is 0 Å². The SMILES string of the molecule is CCOc1cc(C)c(CCCCS)cc1Cl. The van der Waals surface area contributed by atoms with Crippen molar-refractivity contribution in [3.05, 3.63) is 28.3 Å². The average Bonchev–Trinajstić information content (AvgIpc) is 2.25. The maximum Gasteiger partial charge on any atom is 0.138 e. The lowest BCUT2D eigenvalue weighted by atomic mass is 10.0. The zero-order valence-corrected chi connectivity index (χ0v) is 11.6. The lowest BCUT2D eigenvalue weighted by Gasteiger charge is -2.11. The first-order valence-corrected chi connectivity index (χ1v) is 6.72. The van der Waals surface area contributed by atoms with E-state index in [1.807, 2.05) is 19.1 Å². The molecule has 0 aliphatic heterocycles. The molecule has 1 nitrogen and oxygen atoms in total. The van der Waals surface area contributed by atoms with Crippen LogP contribution in [0.4, 0.5) is 0 Å². The summed E-state index contributed by atoms with van der Waals surface area (Å²) in [6, 6.07) is 4.06. The van der Waals surface area contributed by atoms with Gasteiger partial charge in [-0.05, 0) is 62.1 Å². The summed E-state index contributed by atoms with van der Waals surface area (Å²) in [6.45, 7) is 4.72. The smallest absolute Gasteiger partial charge is 0.138 e. The fraction of sp³-hybridized carbons (Fsp3) is 0.538. The monoisotopic (exact) mass is 258 g/mol. The Kier molecular flexibility index (Phi) is 6.07. The van der Waals surface area contributed by atoms with Crippen LogP contribution >= 0.6 is 24.2 Å². The molecule has 1 aromatic carbocycles. The summed E-state index contributed by atoms with van der Waals surface area (Å²) < 4.78 is 5.45. The van der Waals surface area contributed by atoms with E-state index in [1.165, 1.54) is 11.1 Å². The van der Waals surface area contributed by atoms with Crippen molar-refractivity contribution in [1.29, 1.82) is 0 Å². The van der Waals surface area contributed by atoms with E-state index >= 15 is 0 Å². The van der Waals surface area contributed by atoms with Gasteiger partial charge in [-0.1, -0.05) is 11.6 Å². The molecule has 0 unspecified atom stereocenters. The highest BCUT2D eigenvalue weighted by atomic mass is 35.5. The molecule has 90 valence electrons. The number of benzene rings is 1. The number of halogens is 1. The highest BCUT2D eigenvalue weighted by molar-refractivity contribution is 7.80. The molecule has 0 saturated heterocycles. The van der Waals surface area contributed by atoms with Crippen LogP contribution < -0.4 is 4.74 Å². The van der Waals surface area contributed by atoms with Gasteiger partial charge >= 0.3 is 0 Å². The molecule has 0 spiro atoms. The van der Waals surface area contributed by atoms with E-state index in [-0.39, 0.29) is 0 Å². The first-order valence-electron chi connectivity index (χ1n) is 5.71. The van der Waals surface area contributed by atoms with Crippen LogP contribution in [0.2, 0.25) is 5.02 Å². The summed E-state index contributed by atoms with van der Waals surface area (Å²) in [6.07, 6.45) is 3.38. The van der Waals surface area contributed by atoms with Crippen LogP contribution in [0.15, 0.2) is 12.1 Å². The third-order valence-electron chi connectivity index (χ3n) is 2.54. The summed E-state index contributed by atoms with van der Waals surface area (Å²) in [7, 11) is 0. The molecule has 0 radical (unpaired) electrons. The standard InChI is InChI=1S/C13H19ClOS/c1-3-15-13-8-10(2)11(9-12(13)14)6-4-5-7-16/h8-9,16H,3-7H2,1-2H3. The number of unbranched alkanes of at least 4 members (excludes halogenated alkanes) is 1. The molecular formula is C13H19ClOS. The van der Waals surface area contributed by atoms with Crippen LogP contribution in [-0.4, -0.2) is 12.4 Å². The molecule has 0 aliphatic carbocycles. The van der Waals surface area contributed by atoms with Crippen LogP contribution in [0.3, 0.4) is 0 Å². The third-order valence-corrected chi connectivity index (χ3v) is 3.16. The van der Waals surface area contributed by atoms with E-state index in [2.05, 4.69) is 19.6 Å². The van der Waals surface area contributed by atoms with Crippen molar-refractivity contribution in [3.8, 4) is 5.75 Å². The minimum atomic E-state index is 0.651. The maximum absolute atomic E-state index is 6.15. The second-order valence-corrected chi connectivity index (χ2v) is 4.68. The Morgan fingerprint density at radius 1 is 1.31 bits per heavy atom. The van der Waals surface area contributed by atoms with E-state index in [1.54, 1.807) is 0 Å². The van der Waals surface area contributed by atoms with Gasteiger partial charge in [-0.25, -0.2) is 0 Å². The van der Waals surface area contributed by atoms with E-state index in [0.717, 1.165) is 30.8 Å². The van der Waals surface area contributed by atoms with Gasteiger partial charge in [0.2, 0.25) is 0 Å². The number of hydrogen-bond acceptors (Lipinski definition) is 2. The molecule has 1 aromatic rings. The Balaban J connectivity index is 2.75. The molecule has 0 bridgehead atoms. The quantitative estimate of drug-likeness (QED) is 0.591. The van der Waals surface area contributed by atoms with Crippen LogP contribution in [0.5, 0.6) is 5.75 Å². The average molecular weight is 259 g/mol. The first-order chi connectivity index (χ1) is 7.69. The molecule has 0 amide bonds. The van der Waals surface area contributed by atoms with Gasteiger partial charge in [-0.15, -0.1) is 0 Å². The zero-order chi connectivity index (χ0) is 12.0. The fourth-order valence-electron chi connectivity index (χ4n) is 1.66. The number of aryl methyl sites for hydroxylation is 2. The molecule has 0 atom stereocenters. The minimum Gasteiger partial charge on any atom is -0.492 e. The number of ether oxygens (including phenoxy) is 1. The molecule has 0 aliphatic rings. The van der Waals surface area contributed by atoms with Crippen molar-refractivity contribution in [1.82, 2.24) is 0 Å². The van der Waals surface area contributed by atoms with Crippen molar-refractivity contribution in [3.63, 3.8) is 0 Å². The first kappa shape index (κ1) is 13.7. The van der Waals surface area contributed by atoms with Crippen molar-refractivity contribution in [2.45, 2.75) is 33.1 Å². The molecule has 0 aromatic heterocycles. The van der Waals surface area contributed by atoms with Gasteiger partial charge in [0.15, 0.2) is 0 Å². The molecule has 3 heteroatoms. The topological polar surface area (TPSA) is 9.23 Å². The second kappa shape index (κ2) is 7.08. The Labute approximate surface area is 109 Å². The van der Waals surface area contributed by atoms with Gasteiger partial charge in [-0.3, -0.25) is 0 Å². The molecule has 0 N–H and O–H groups in total. The molecular weight excluding hydrogens is 240 g/mol. The van der Waals surface area contributed by atoms with Crippen molar-refractivity contribution in [2.24, 2.45) is 0 Å².